The molecule has 0 radical (unpaired) electrons. The number of amides is 2. The molecule has 0 bridgehead atoms. The fourth-order valence-electron chi connectivity index (χ4n) is 5.25. The maximum atomic E-state index is 13.7. The van der Waals surface area contributed by atoms with Gasteiger partial charge in [0.1, 0.15) is 11.1 Å². The monoisotopic (exact) mass is 448 g/mol. The molecule has 2 saturated carbocycles. The highest BCUT2D eigenvalue weighted by atomic mass is 16.2. The van der Waals surface area contributed by atoms with E-state index in [4.69, 9.17) is 0 Å². The summed E-state index contributed by atoms with van der Waals surface area (Å²) in [6.45, 7) is 0.597. The third-order valence-corrected chi connectivity index (χ3v) is 7.26. The average molecular weight is 449 g/mol. The minimum absolute atomic E-state index is 0.0910. The molecule has 2 aliphatic carbocycles. The van der Waals surface area contributed by atoms with Gasteiger partial charge in [0.15, 0.2) is 0 Å². The van der Waals surface area contributed by atoms with Crippen molar-refractivity contribution in [3.05, 3.63) is 63.8 Å². The summed E-state index contributed by atoms with van der Waals surface area (Å²) < 4.78 is 1.91. The lowest BCUT2D eigenvalue weighted by Gasteiger charge is -2.36. The fourth-order valence-corrected chi connectivity index (χ4v) is 5.25. The van der Waals surface area contributed by atoms with E-state index in [1.165, 1.54) is 6.42 Å². The normalized spacial score (nSPS) is 21.6. The summed E-state index contributed by atoms with van der Waals surface area (Å²) in [6.07, 6.45) is 16.9. The van der Waals surface area contributed by atoms with Crippen molar-refractivity contribution in [2.24, 2.45) is 0 Å². The van der Waals surface area contributed by atoms with E-state index in [1.54, 1.807) is 29.7 Å². The Labute approximate surface area is 194 Å². The van der Waals surface area contributed by atoms with Gasteiger partial charge < -0.3 is 14.8 Å². The van der Waals surface area contributed by atoms with Crippen LogP contribution in [0.3, 0.4) is 0 Å². The summed E-state index contributed by atoms with van der Waals surface area (Å²) in [5.41, 5.74) is 0.724. The Bertz CT molecular complexity index is 1070. The fraction of sp³-hybridized carbons (Fsp3) is 0.538. The van der Waals surface area contributed by atoms with Crippen LogP contribution in [0.1, 0.15) is 103 Å². The minimum Gasteiger partial charge on any atom is -0.349 e. The molecule has 1 aliphatic heterocycles. The Balaban J connectivity index is 1.47. The molecule has 1 N–H and O–H groups in total. The standard InChI is InChI=1S/C26H32N4O3/c31-24-21(25(32)28-19-8-2-1-3-9-19)16-29(20-11-12-20)17-22(24)26(33)30-14-5-4-10-23(30)18-7-6-13-27-15-18/h6-7,13,15-17,19-20,23H,1-5,8-12,14H2,(H,28,32). The first-order valence-electron chi connectivity index (χ1n) is 12.4. The smallest absolute Gasteiger partial charge is 0.259 e. The molecule has 7 heteroatoms. The number of carbonyl (C=O) groups is 2. The number of piperidine rings is 1. The number of nitrogens with one attached hydrogen (secondary N) is 1. The lowest BCUT2D eigenvalue weighted by atomic mass is 9.95. The number of aromatic nitrogens is 2. The Kier molecular flexibility index (Phi) is 6.29. The number of rotatable bonds is 5. The molecule has 3 fully saturated rings. The third-order valence-electron chi connectivity index (χ3n) is 7.26. The molecule has 5 rings (SSSR count). The molecular formula is C26H32N4O3. The van der Waals surface area contributed by atoms with Gasteiger partial charge in [-0.2, -0.15) is 0 Å². The number of hydrogen-bond acceptors (Lipinski definition) is 4. The quantitative estimate of drug-likeness (QED) is 0.749. The van der Waals surface area contributed by atoms with E-state index >= 15 is 0 Å². The van der Waals surface area contributed by atoms with Crippen LogP contribution >= 0.6 is 0 Å². The third kappa shape index (κ3) is 4.72. The highest BCUT2D eigenvalue weighted by Crippen LogP contribution is 2.35. The number of carbonyl (C=O) groups excluding carboxylic acids is 2. The summed E-state index contributed by atoms with van der Waals surface area (Å²) in [7, 11) is 0. The zero-order chi connectivity index (χ0) is 22.8. The van der Waals surface area contributed by atoms with Gasteiger partial charge in [-0.1, -0.05) is 25.3 Å². The van der Waals surface area contributed by atoms with Gasteiger partial charge >= 0.3 is 0 Å². The second kappa shape index (κ2) is 9.49. The maximum absolute atomic E-state index is 13.7. The maximum Gasteiger partial charge on any atom is 0.259 e. The summed E-state index contributed by atoms with van der Waals surface area (Å²) in [5.74, 6) is -0.631. The Hall–Kier alpha value is -2.96. The van der Waals surface area contributed by atoms with Gasteiger partial charge in [-0.15, -0.1) is 0 Å². The SMILES string of the molecule is O=C(NC1CCCCC1)c1cn(C2CC2)cc(C(=O)N2CCCCC2c2cccnc2)c1=O. The predicted molar refractivity (Wildman–Crippen MR) is 125 cm³/mol. The molecule has 0 aromatic carbocycles. The lowest BCUT2D eigenvalue weighted by molar-refractivity contribution is 0.0609. The second-order valence-electron chi connectivity index (χ2n) is 9.70. The first-order chi connectivity index (χ1) is 16.1. The Morgan fingerprint density at radius 2 is 1.70 bits per heavy atom. The van der Waals surface area contributed by atoms with Crippen LogP contribution in [0.2, 0.25) is 0 Å². The van der Waals surface area contributed by atoms with Crippen LogP contribution in [0, 0.1) is 0 Å². The number of hydrogen-bond donors (Lipinski definition) is 1. The van der Waals surface area contributed by atoms with Crippen molar-refractivity contribution in [1.82, 2.24) is 19.8 Å². The number of likely N-dealkylation sites (tertiary alicyclic amines) is 1. The van der Waals surface area contributed by atoms with Crippen LogP contribution in [0.25, 0.3) is 0 Å². The van der Waals surface area contributed by atoms with Crippen LogP contribution in [-0.4, -0.2) is 38.9 Å². The van der Waals surface area contributed by atoms with Gasteiger partial charge in [0.05, 0.1) is 6.04 Å². The Morgan fingerprint density at radius 3 is 2.42 bits per heavy atom. The van der Waals surface area contributed by atoms with Crippen molar-refractivity contribution in [1.29, 1.82) is 0 Å². The van der Waals surface area contributed by atoms with E-state index in [0.717, 1.165) is 63.4 Å². The highest BCUT2D eigenvalue weighted by Gasteiger charge is 2.33. The molecule has 174 valence electrons. The summed E-state index contributed by atoms with van der Waals surface area (Å²) in [5, 5.41) is 3.06. The first-order valence-corrected chi connectivity index (χ1v) is 12.4. The number of nitrogens with zero attached hydrogens (tertiary/aromatic N) is 3. The molecule has 0 spiro atoms. The summed E-state index contributed by atoms with van der Waals surface area (Å²) >= 11 is 0. The van der Waals surface area contributed by atoms with Crippen molar-refractivity contribution in [2.45, 2.75) is 82.3 Å². The predicted octanol–water partition coefficient (Wildman–Crippen LogP) is 4.01. The van der Waals surface area contributed by atoms with Crippen LogP contribution in [0.15, 0.2) is 41.7 Å². The van der Waals surface area contributed by atoms with Gasteiger partial charge in [-0.3, -0.25) is 19.4 Å². The molecule has 2 aromatic heterocycles. The van der Waals surface area contributed by atoms with Crippen molar-refractivity contribution >= 4 is 11.8 Å². The van der Waals surface area contributed by atoms with Gasteiger partial charge in [0, 0.05) is 43.4 Å². The van der Waals surface area contributed by atoms with Gasteiger partial charge in [-0.25, -0.2) is 0 Å². The summed E-state index contributed by atoms with van der Waals surface area (Å²) in [4.78, 5) is 46.3. The van der Waals surface area contributed by atoms with Crippen molar-refractivity contribution in [3.63, 3.8) is 0 Å². The molecule has 1 unspecified atom stereocenters. The topological polar surface area (TPSA) is 84.3 Å². The van der Waals surface area contributed by atoms with Gasteiger partial charge in [0.2, 0.25) is 5.43 Å². The van der Waals surface area contributed by atoms with E-state index in [2.05, 4.69) is 10.3 Å². The molecule has 3 heterocycles. The Morgan fingerprint density at radius 1 is 0.939 bits per heavy atom. The molecular weight excluding hydrogens is 416 g/mol. The van der Waals surface area contributed by atoms with Crippen LogP contribution in [0.4, 0.5) is 0 Å². The second-order valence-corrected chi connectivity index (χ2v) is 9.70. The molecule has 1 saturated heterocycles. The highest BCUT2D eigenvalue weighted by molar-refractivity contribution is 5.99. The number of pyridine rings is 2. The van der Waals surface area contributed by atoms with Gasteiger partial charge in [0.25, 0.3) is 11.8 Å². The minimum atomic E-state index is -0.458. The van der Waals surface area contributed by atoms with E-state index in [1.807, 2.05) is 16.7 Å². The average Bonchev–Trinajstić information content (AvgIpc) is 3.70. The van der Waals surface area contributed by atoms with Crippen molar-refractivity contribution in [2.75, 3.05) is 6.54 Å². The molecule has 2 amide bonds. The first kappa shape index (κ1) is 21.9. The van der Waals surface area contributed by atoms with E-state index in [-0.39, 0.29) is 41.1 Å². The molecule has 2 aromatic rings. The van der Waals surface area contributed by atoms with E-state index in [0.29, 0.717) is 6.54 Å². The zero-order valence-corrected chi connectivity index (χ0v) is 19.0. The van der Waals surface area contributed by atoms with Gasteiger partial charge in [-0.05, 0) is 56.6 Å². The molecule has 3 aliphatic rings. The van der Waals surface area contributed by atoms with Crippen LogP contribution in [-0.2, 0) is 0 Å². The molecule has 1 atom stereocenters. The van der Waals surface area contributed by atoms with E-state index in [9.17, 15) is 14.4 Å². The van der Waals surface area contributed by atoms with Crippen LogP contribution in [0.5, 0.6) is 0 Å². The van der Waals surface area contributed by atoms with Crippen molar-refractivity contribution < 1.29 is 9.59 Å². The van der Waals surface area contributed by atoms with E-state index < -0.39 is 5.43 Å². The molecule has 33 heavy (non-hydrogen) atoms. The summed E-state index contributed by atoms with van der Waals surface area (Å²) in [6, 6.07) is 4.13. The lowest BCUT2D eigenvalue weighted by Crippen LogP contribution is -2.43. The van der Waals surface area contributed by atoms with Crippen LogP contribution < -0.4 is 10.7 Å². The molecule has 7 nitrogen and oxygen atoms in total. The zero-order valence-electron chi connectivity index (χ0n) is 19.0. The largest absolute Gasteiger partial charge is 0.349 e. The van der Waals surface area contributed by atoms with Crippen molar-refractivity contribution in [3.8, 4) is 0 Å².